The molecule has 0 aliphatic heterocycles. The number of nitrogens with zero attached hydrogens (tertiary/aromatic N) is 1. The van der Waals surface area contributed by atoms with E-state index in [0.717, 1.165) is 10.9 Å². The highest BCUT2D eigenvalue weighted by molar-refractivity contribution is 5.94. The summed E-state index contributed by atoms with van der Waals surface area (Å²) < 4.78 is 19.6. The molecule has 0 saturated heterocycles. The van der Waals surface area contributed by atoms with Crippen molar-refractivity contribution in [3.05, 3.63) is 112 Å². The Bertz CT molecular complexity index is 1300. The number of aromatic amines is 1. The molecule has 0 saturated carbocycles. The highest BCUT2D eigenvalue weighted by Crippen LogP contribution is 2.20. The molecule has 0 unspecified atom stereocenters. The smallest absolute Gasteiger partial charge is 0.257 e. The van der Waals surface area contributed by atoms with Crippen LogP contribution in [0.2, 0.25) is 0 Å². The number of amides is 1. The Morgan fingerprint density at radius 2 is 1.75 bits per heavy atom. The minimum Gasteiger partial charge on any atom is -0.497 e. The van der Waals surface area contributed by atoms with Crippen LogP contribution in [-0.2, 0) is 13.0 Å². The Morgan fingerprint density at radius 3 is 2.50 bits per heavy atom. The lowest BCUT2D eigenvalue weighted by molar-refractivity contribution is 0.0740. The summed E-state index contributed by atoms with van der Waals surface area (Å²) in [5, 5.41) is 0.792. The topological polar surface area (TPSA) is 62.4 Å². The second-order valence-corrected chi connectivity index (χ2v) is 7.52. The third kappa shape index (κ3) is 4.70. The summed E-state index contributed by atoms with van der Waals surface area (Å²) in [5.41, 5.74) is 1.85. The second kappa shape index (κ2) is 9.47. The molecule has 6 heteroatoms. The molecule has 0 aliphatic rings. The van der Waals surface area contributed by atoms with E-state index in [2.05, 4.69) is 4.98 Å². The molecule has 0 radical (unpaired) electrons. The molecular formula is C26H23FN2O3. The molecule has 4 rings (SSSR count). The van der Waals surface area contributed by atoms with Gasteiger partial charge in [0.15, 0.2) is 0 Å². The third-order valence-corrected chi connectivity index (χ3v) is 5.39. The summed E-state index contributed by atoms with van der Waals surface area (Å²) in [7, 11) is 1.58. The number of pyridine rings is 1. The minimum absolute atomic E-state index is 0.0144. The zero-order valence-corrected chi connectivity index (χ0v) is 17.7. The number of benzene rings is 3. The van der Waals surface area contributed by atoms with E-state index in [-0.39, 0.29) is 17.7 Å². The number of hydrogen-bond acceptors (Lipinski definition) is 3. The van der Waals surface area contributed by atoms with E-state index in [1.165, 1.54) is 17.0 Å². The number of halogens is 1. The lowest BCUT2D eigenvalue weighted by Gasteiger charge is -2.23. The first-order valence-electron chi connectivity index (χ1n) is 10.3. The van der Waals surface area contributed by atoms with Gasteiger partial charge in [0.1, 0.15) is 11.6 Å². The Hall–Kier alpha value is -3.93. The fourth-order valence-electron chi connectivity index (χ4n) is 3.65. The summed E-state index contributed by atoms with van der Waals surface area (Å²) in [4.78, 5) is 30.3. The number of fused-ring (bicyclic) bond motifs is 1. The molecule has 0 aliphatic carbocycles. The molecule has 1 aromatic heterocycles. The van der Waals surface area contributed by atoms with E-state index >= 15 is 0 Å². The van der Waals surface area contributed by atoms with E-state index in [4.69, 9.17) is 4.74 Å². The summed E-state index contributed by atoms with van der Waals surface area (Å²) in [6.45, 7) is 0.398. The Kier molecular flexibility index (Phi) is 6.31. The third-order valence-electron chi connectivity index (χ3n) is 5.39. The fraction of sp³-hybridized carbons (Fsp3) is 0.154. The van der Waals surface area contributed by atoms with Gasteiger partial charge in [-0.15, -0.1) is 0 Å². The number of carbonyl (C=O) groups is 1. The van der Waals surface area contributed by atoms with Gasteiger partial charge in [-0.25, -0.2) is 4.39 Å². The predicted molar refractivity (Wildman–Crippen MR) is 122 cm³/mol. The van der Waals surface area contributed by atoms with Gasteiger partial charge in [-0.05, 0) is 48.4 Å². The molecule has 32 heavy (non-hydrogen) atoms. The van der Waals surface area contributed by atoms with Crippen molar-refractivity contribution in [3.63, 3.8) is 0 Å². The maximum absolute atomic E-state index is 14.3. The predicted octanol–water partition coefficient (Wildman–Crippen LogP) is 4.56. The Morgan fingerprint density at radius 1 is 1.00 bits per heavy atom. The van der Waals surface area contributed by atoms with Crippen LogP contribution in [0.15, 0.2) is 83.7 Å². The highest BCUT2D eigenvalue weighted by atomic mass is 19.1. The van der Waals surface area contributed by atoms with Crippen molar-refractivity contribution in [2.24, 2.45) is 0 Å². The first-order chi connectivity index (χ1) is 15.5. The molecule has 0 atom stereocenters. The molecule has 0 fully saturated rings. The van der Waals surface area contributed by atoms with Crippen LogP contribution >= 0.6 is 0 Å². The molecule has 5 nitrogen and oxygen atoms in total. The standard InChI is InChI=1S/C26H23FN2O3/c1-32-21-11-12-24-19(16-21)15-20(25(30)28-24)17-29(14-13-18-7-3-2-4-8-18)26(31)22-9-5-6-10-23(22)27/h2-12,15-16H,13-14,17H2,1H3,(H,28,30). The molecule has 162 valence electrons. The van der Waals surface area contributed by atoms with Crippen LogP contribution in [0.3, 0.4) is 0 Å². The van der Waals surface area contributed by atoms with Crippen molar-refractivity contribution in [2.45, 2.75) is 13.0 Å². The van der Waals surface area contributed by atoms with E-state index in [9.17, 15) is 14.0 Å². The van der Waals surface area contributed by atoms with E-state index in [1.807, 2.05) is 36.4 Å². The number of aromatic nitrogens is 1. The summed E-state index contributed by atoms with van der Waals surface area (Å²) in [6.07, 6.45) is 0.584. The van der Waals surface area contributed by atoms with Crippen LogP contribution < -0.4 is 10.3 Å². The van der Waals surface area contributed by atoms with Crippen molar-refractivity contribution < 1.29 is 13.9 Å². The quantitative estimate of drug-likeness (QED) is 0.468. The SMILES string of the molecule is COc1ccc2[nH]c(=O)c(CN(CCc3ccccc3)C(=O)c3ccccc3F)cc2c1. The molecule has 1 amide bonds. The van der Waals surface area contributed by atoms with Crippen LogP contribution in [-0.4, -0.2) is 29.4 Å². The first kappa shape index (κ1) is 21.3. The fourth-order valence-corrected chi connectivity index (χ4v) is 3.65. The normalized spacial score (nSPS) is 10.8. The molecular weight excluding hydrogens is 407 g/mol. The maximum atomic E-state index is 14.3. The number of nitrogens with one attached hydrogen (secondary N) is 1. The van der Waals surface area contributed by atoms with Gasteiger partial charge in [-0.3, -0.25) is 9.59 Å². The maximum Gasteiger partial charge on any atom is 0.257 e. The second-order valence-electron chi connectivity index (χ2n) is 7.52. The average Bonchev–Trinajstić information content (AvgIpc) is 2.82. The Balaban J connectivity index is 1.67. The largest absolute Gasteiger partial charge is 0.497 e. The van der Waals surface area contributed by atoms with Gasteiger partial charge in [0, 0.05) is 23.0 Å². The number of rotatable bonds is 7. The van der Waals surface area contributed by atoms with Crippen molar-refractivity contribution in [1.82, 2.24) is 9.88 Å². The zero-order valence-electron chi connectivity index (χ0n) is 17.7. The minimum atomic E-state index is -0.584. The van der Waals surface area contributed by atoms with E-state index in [1.54, 1.807) is 37.4 Å². The van der Waals surface area contributed by atoms with Crippen LogP contribution in [0.1, 0.15) is 21.5 Å². The van der Waals surface area contributed by atoms with Gasteiger partial charge in [0.05, 0.1) is 19.2 Å². The first-order valence-corrected chi connectivity index (χ1v) is 10.3. The number of H-pyrrole nitrogens is 1. The Labute approximate surface area is 185 Å². The monoisotopic (exact) mass is 430 g/mol. The summed E-state index contributed by atoms with van der Waals surface area (Å²) >= 11 is 0. The van der Waals surface area contributed by atoms with Gasteiger partial charge < -0.3 is 14.6 Å². The van der Waals surface area contributed by atoms with E-state index in [0.29, 0.717) is 29.8 Å². The van der Waals surface area contributed by atoms with Crippen molar-refractivity contribution in [1.29, 1.82) is 0 Å². The molecule has 3 aromatic carbocycles. The molecule has 0 spiro atoms. The zero-order chi connectivity index (χ0) is 22.5. The van der Waals surface area contributed by atoms with Crippen LogP contribution in [0, 0.1) is 5.82 Å². The number of methoxy groups -OCH3 is 1. The van der Waals surface area contributed by atoms with Gasteiger partial charge in [0.2, 0.25) is 0 Å². The average molecular weight is 430 g/mol. The number of carbonyl (C=O) groups excluding carboxylic acids is 1. The van der Waals surface area contributed by atoms with Crippen molar-refractivity contribution in [2.75, 3.05) is 13.7 Å². The van der Waals surface area contributed by atoms with Crippen molar-refractivity contribution >= 4 is 16.8 Å². The number of hydrogen-bond donors (Lipinski definition) is 1. The van der Waals surface area contributed by atoms with Gasteiger partial charge in [0.25, 0.3) is 11.5 Å². The van der Waals surface area contributed by atoms with Crippen LogP contribution in [0.4, 0.5) is 4.39 Å². The lowest BCUT2D eigenvalue weighted by atomic mass is 10.1. The highest BCUT2D eigenvalue weighted by Gasteiger charge is 2.20. The lowest BCUT2D eigenvalue weighted by Crippen LogP contribution is -2.35. The summed E-state index contributed by atoms with van der Waals surface area (Å²) in [5.74, 6) is -0.373. The van der Waals surface area contributed by atoms with Gasteiger partial charge in [-0.2, -0.15) is 0 Å². The van der Waals surface area contributed by atoms with Crippen molar-refractivity contribution in [3.8, 4) is 5.75 Å². The number of ether oxygens (including phenoxy) is 1. The molecule has 1 N–H and O–H groups in total. The van der Waals surface area contributed by atoms with Gasteiger partial charge in [-0.1, -0.05) is 42.5 Å². The van der Waals surface area contributed by atoms with Gasteiger partial charge >= 0.3 is 0 Å². The molecule has 1 heterocycles. The summed E-state index contributed by atoms with van der Waals surface area (Å²) in [6, 6.07) is 22.7. The van der Waals surface area contributed by atoms with E-state index < -0.39 is 11.7 Å². The van der Waals surface area contributed by atoms with Crippen LogP contribution in [0.25, 0.3) is 10.9 Å². The molecule has 0 bridgehead atoms. The molecule has 4 aromatic rings. The van der Waals surface area contributed by atoms with Crippen LogP contribution in [0.5, 0.6) is 5.75 Å².